The summed E-state index contributed by atoms with van der Waals surface area (Å²) in [6, 6.07) is 3.43. The van der Waals surface area contributed by atoms with Gasteiger partial charge >= 0.3 is 0 Å². The molecule has 156 valence electrons. The molecule has 1 fully saturated rings. The molecule has 0 saturated carbocycles. The number of amidine groups is 1. The van der Waals surface area contributed by atoms with E-state index in [-0.39, 0.29) is 5.82 Å². The van der Waals surface area contributed by atoms with Crippen molar-refractivity contribution in [3.05, 3.63) is 47.6 Å². The van der Waals surface area contributed by atoms with E-state index in [1.807, 2.05) is 11.8 Å². The number of nitrogen functional groups attached to an aromatic ring is 1. The van der Waals surface area contributed by atoms with Gasteiger partial charge in [-0.15, -0.1) is 0 Å². The van der Waals surface area contributed by atoms with Gasteiger partial charge in [-0.1, -0.05) is 25.3 Å². The van der Waals surface area contributed by atoms with Crippen LogP contribution in [0.4, 0.5) is 5.82 Å². The highest BCUT2D eigenvalue weighted by molar-refractivity contribution is 7.88. The highest BCUT2D eigenvalue weighted by atomic mass is 32.2. The summed E-state index contributed by atoms with van der Waals surface area (Å²) in [5.41, 5.74) is 19.4. The van der Waals surface area contributed by atoms with Crippen molar-refractivity contribution < 1.29 is 8.42 Å². The third-order valence-corrected chi connectivity index (χ3v) is 5.60. The van der Waals surface area contributed by atoms with Crippen LogP contribution >= 0.6 is 0 Å². The number of aliphatic imine (C=N–C) groups is 1. The van der Waals surface area contributed by atoms with E-state index in [1.165, 1.54) is 10.6 Å². The van der Waals surface area contributed by atoms with Crippen LogP contribution in [0.3, 0.4) is 0 Å². The molecule has 0 bridgehead atoms. The largest absolute Gasteiger partial charge is 0.401 e. The fraction of sp³-hybridized carbons (Fsp3) is 0.368. The van der Waals surface area contributed by atoms with Crippen LogP contribution in [0, 0.1) is 11.8 Å². The summed E-state index contributed by atoms with van der Waals surface area (Å²) >= 11 is 0. The van der Waals surface area contributed by atoms with Crippen molar-refractivity contribution in [2.24, 2.45) is 16.5 Å². The Morgan fingerprint density at radius 2 is 1.93 bits per heavy atom. The van der Waals surface area contributed by atoms with Crippen molar-refractivity contribution in [1.82, 2.24) is 14.2 Å². The van der Waals surface area contributed by atoms with Gasteiger partial charge in [0.1, 0.15) is 17.5 Å². The summed E-state index contributed by atoms with van der Waals surface area (Å²) in [6.07, 6.45) is 3.33. The van der Waals surface area contributed by atoms with E-state index in [2.05, 4.69) is 28.4 Å². The molecule has 10 heteroatoms. The molecule has 0 radical (unpaired) electrons. The number of pyridine rings is 1. The fourth-order valence-electron chi connectivity index (χ4n) is 2.72. The average molecular weight is 418 g/mol. The number of rotatable bonds is 4. The normalized spacial score (nSPS) is 16.6. The van der Waals surface area contributed by atoms with E-state index in [1.54, 1.807) is 18.3 Å². The van der Waals surface area contributed by atoms with Crippen LogP contribution in [0.5, 0.6) is 0 Å². The van der Waals surface area contributed by atoms with Gasteiger partial charge in [0.05, 0.1) is 11.8 Å². The Kier molecular flexibility index (Phi) is 7.25. The van der Waals surface area contributed by atoms with Gasteiger partial charge in [-0.3, -0.25) is 0 Å². The average Bonchev–Trinajstić information content (AvgIpc) is 2.67. The monoisotopic (exact) mass is 417 g/mol. The Labute approximate surface area is 172 Å². The molecule has 1 aromatic rings. The standard InChI is InChI=1S/C19H27N7O2S/c1-4-17(21)16(7-5-15-6-8-18(22)23-13-15)19(24-14(2)20)25-9-11-26(12-10-25)29(3,27)28/h6,8,13H,2,4,9-12,20-21H2,1,3H3,(H2,22,23)/b17-16-,24-19?. The molecule has 1 aromatic heterocycles. The lowest BCUT2D eigenvalue weighted by Gasteiger charge is -2.35. The molecule has 0 aliphatic carbocycles. The molecule has 6 N–H and O–H groups in total. The Morgan fingerprint density at radius 3 is 2.41 bits per heavy atom. The number of allylic oxidation sites excluding steroid dienone is 1. The van der Waals surface area contributed by atoms with Gasteiger partial charge < -0.3 is 22.1 Å². The first kappa shape index (κ1) is 22.3. The quantitative estimate of drug-likeness (QED) is 0.356. The summed E-state index contributed by atoms with van der Waals surface area (Å²) in [5, 5.41) is 0. The van der Waals surface area contributed by atoms with Crippen LogP contribution < -0.4 is 17.2 Å². The van der Waals surface area contributed by atoms with Gasteiger partial charge in [0, 0.05) is 43.6 Å². The number of nitrogens with two attached hydrogens (primary N) is 3. The maximum Gasteiger partial charge on any atom is 0.211 e. The third-order valence-electron chi connectivity index (χ3n) is 4.30. The summed E-state index contributed by atoms with van der Waals surface area (Å²) in [6.45, 7) is 7.12. The zero-order valence-electron chi connectivity index (χ0n) is 16.7. The van der Waals surface area contributed by atoms with Gasteiger partial charge in [-0.25, -0.2) is 18.4 Å². The number of piperazine rings is 1. The Hall–Kier alpha value is -3.03. The molecular weight excluding hydrogens is 390 g/mol. The SMILES string of the molecule is C=C(N)N=C(/C(C#Cc1ccc(N)nc1)=C(\N)CC)N1CCN(S(C)(=O)=O)CC1. The molecule has 0 unspecified atom stereocenters. The summed E-state index contributed by atoms with van der Waals surface area (Å²) in [4.78, 5) is 10.3. The maximum absolute atomic E-state index is 11.8. The Balaban J connectivity index is 2.40. The van der Waals surface area contributed by atoms with Gasteiger partial charge in [-0.05, 0) is 18.6 Å². The predicted octanol–water partition coefficient (Wildman–Crippen LogP) is 0.0437. The topological polar surface area (TPSA) is 144 Å². The van der Waals surface area contributed by atoms with Gasteiger partial charge in [0.15, 0.2) is 0 Å². The predicted molar refractivity (Wildman–Crippen MR) is 116 cm³/mol. The van der Waals surface area contributed by atoms with Crippen LogP contribution in [0.1, 0.15) is 18.9 Å². The number of hydrogen-bond donors (Lipinski definition) is 3. The second-order valence-corrected chi connectivity index (χ2v) is 8.53. The molecule has 9 nitrogen and oxygen atoms in total. The molecule has 2 heterocycles. The molecule has 0 aromatic carbocycles. The van der Waals surface area contributed by atoms with E-state index >= 15 is 0 Å². The Morgan fingerprint density at radius 1 is 1.28 bits per heavy atom. The number of hydrogen-bond acceptors (Lipinski definition) is 7. The van der Waals surface area contributed by atoms with E-state index in [9.17, 15) is 8.42 Å². The molecule has 1 saturated heterocycles. The van der Waals surface area contributed by atoms with Crippen molar-refractivity contribution in [3.8, 4) is 11.8 Å². The van der Waals surface area contributed by atoms with Gasteiger partial charge in [0.2, 0.25) is 10.0 Å². The lowest BCUT2D eigenvalue weighted by Crippen LogP contribution is -2.50. The first-order chi connectivity index (χ1) is 13.6. The molecule has 0 amide bonds. The van der Waals surface area contributed by atoms with E-state index < -0.39 is 10.0 Å². The van der Waals surface area contributed by atoms with Crippen molar-refractivity contribution in [2.75, 3.05) is 38.2 Å². The van der Waals surface area contributed by atoms with Crippen LogP contribution in [-0.2, 0) is 10.0 Å². The zero-order valence-corrected chi connectivity index (χ0v) is 17.5. The Bertz CT molecular complexity index is 978. The molecule has 29 heavy (non-hydrogen) atoms. The van der Waals surface area contributed by atoms with E-state index in [4.69, 9.17) is 17.2 Å². The second kappa shape index (κ2) is 9.45. The van der Waals surface area contributed by atoms with Crippen LogP contribution in [-0.4, -0.2) is 60.9 Å². The smallest absolute Gasteiger partial charge is 0.211 e. The number of anilines is 1. The maximum atomic E-state index is 11.8. The number of aromatic nitrogens is 1. The molecular formula is C19H27N7O2S. The van der Waals surface area contributed by atoms with Crippen molar-refractivity contribution in [1.29, 1.82) is 0 Å². The molecule has 2 rings (SSSR count). The molecule has 0 atom stereocenters. The zero-order chi connectivity index (χ0) is 21.6. The first-order valence-corrected chi connectivity index (χ1v) is 10.9. The van der Waals surface area contributed by atoms with E-state index in [0.29, 0.717) is 61.1 Å². The lowest BCUT2D eigenvalue weighted by atomic mass is 10.1. The summed E-state index contributed by atoms with van der Waals surface area (Å²) in [5.74, 6) is 7.10. The highest BCUT2D eigenvalue weighted by Gasteiger charge is 2.27. The van der Waals surface area contributed by atoms with Crippen molar-refractivity contribution in [2.45, 2.75) is 13.3 Å². The number of sulfonamides is 1. The van der Waals surface area contributed by atoms with E-state index in [0.717, 1.165) is 0 Å². The minimum Gasteiger partial charge on any atom is -0.401 e. The number of nitrogens with zero attached hydrogens (tertiary/aromatic N) is 4. The van der Waals surface area contributed by atoms with Crippen LogP contribution in [0.15, 0.2) is 47.0 Å². The van der Waals surface area contributed by atoms with Gasteiger partial charge in [0.25, 0.3) is 0 Å². The lowest BCUT2D eigenvalue weighted by molar-refractivity contribution is 0.267. The third kappa shape index (κ3) is 6.23. The first-order valence-electron chi connectivity index (χ1n) is 9.07. The fourth-order valence-corrected chi connectivity index (χ4v) is 3.55. The molecule has 0 spiro atoms. The van der Waals surface area contributed by atoms with Crippen LogP contribution in [0.25, 0.3) is 0 Å². The minimum absolute atomic E-state index is 0.114. The summed E-state index contributed by atoms with van der Waals surface area (Å²) < 4.78 is 25.0. The molecule has 1 aliphatic rings. The van der Waals surface area contributed by atoms with Crippen molar-refractivity contribution in [3.63, 3.8) is 0 Å². The summed E-state index contributed by atoms with van der Waals surface area (Å²) in [7, 11) is -3.25. The van der Waals surface area contributed by atoms with Gasteiger partial charge in [-0.2, -0.15) is 4.31 Å². The van der Waals surface area contributed by atoms with Crippen LogP contribution in [0.2, 0.25) is 0 Å². The van der Waals surface area contributed by atoms with Crippen molar-refractivity contribution >= 4 is 21.7 Å². The highest BCUT2D eigenvalue weighted by Crippen LogP contribution is 2.15. The minimum atomic E-state index is -3.25. The second-order valence-electron chi connectivity index (χ2n) is 6.55. The molecule has 1 aliphatic heterocycles.